The maximum absolute atomic E-state index is 8.51. The summed E-state index contributed by atoms with van der Waals surface area (Å²) in [6.07, 6.45) is 1.69. The van der Waals surface area contributed by atoms with E-state index in [1.807, 2.05) is 6.92 Å². The summed E-state index contributed by atoms with van der Waals surface area (Å²) >= 11 is 0. The van der Waals surface area contributed by atoms with Gasteiger partial charge in [0.25, 0.3) is 0 Å². The number of nitriles is 1. The molecule has 0 aromatic rings. The second-order valence-electron chi connectivity index (χ2n) is 3.84. The molecule has 0 bridgehead atoms. The van der Waals surface area contributed by atoms with Crippen molar-refractivity contribution in [2.24, 2.45) is 0 Å². The molecule has 2 saturated heterocycles. The number of rotatable bonds is 3. The number of ether oxygens (including phenoxy) is 3. The minimum atomic E-state index is -0.0310. The highest BCUT2D eigenvalue weighted by Gasteiger charge is 2.42. The third-order valence-corrected chi connectivity index (χ3v) is 2.71. The molecule has 4 unspecified atom stereocenters. The lowest BCUT2D eigenvalue weighted by Gasteiger charge is -2.19. The molecule has 0 amide bonds. The predicted octanol–water partition coefficient (Wildman–Crippen LogP) is 0.861. The largest absolute Gasteiger partial charge is 0.373 e. The van der Waals surface area contributed by atoms with Gasteiger partial charge in [-0.1, -0.05) is 0 Å². The van der Waals surface area contributed by atoms with Crippen LogP contribution >= 0.6 is 0 Å². The highest BCUT2D eigenvalue weighted by molar-refractivity contribution is 4.90. The first-order valence-corrected chi connectivity index (χ1v) is 5.07. The lowest BCUT2D eigenvalue weighted by atomic mass is 10.1. The average Bonchev–Trinajstić information content (AvgIpc) is 2.70. The lowest BCUT2D eigenvalue weighted by molar-refractivity contribution is -0.0612. The second kappa shape index (κ2) is 4.26. The van der Waals surface area contributed by atoms with E-state index < -0.39 is 0 Å². The summed E-state index contributed by atoms with van der Waals surface area (Å²) in [6.45, 7) is 3.28. The van der Waals surface area contributed by atoms with E-state index in [1.54, 1.807) is 0 Å². The van der Waals surface area contributed by atoms with E-state index in [0.717, 1.165) is 13.0 Å². The second-order valence-corrected chi connectivity index (χ2v) is 3.84. The maximum Gasteiger partial charge on any atom is 0.112 e. The van der Waals surface area contributed by atoms with E-state index in [1.165, 1.54) is 0 Å². The quantitative estimate of drug-likeness (QED) is 0.673. The molecular weight excluding hydrogens is 182 g/mol. The molecular formula is C10H15NO3. The van der Waals surface area contributed by atoms with E-state index in [-0.39, 0.29) is 24.4 Å². The Kier molecular flexibility index (Phi) is 3.02. The maximum atomic E-state index is 8.51. The summed E-state index contributed by atoms with van der Waals surface area (Å²) in [5.41, 5.74) is 0. The van der Waals surface area contributed by atoms with Gasteiger partial charge in [-0.05, 0) is 13.3 Å². The molecule has 2 heterocycles. The van der Waals surface area contributed by atoms with Gasteiger partial charge in [-0.3, -0.25) is 0 Å². The molecule has 0 saturated carbocycles. The van der Waals surface area contributed by atoms with Crippen LogP contribution in [0.4, 0.5) is 0 Å². The van der Waals surface area contributed by atoms with Crippen LogP contribution in [0.2, 0.25) is 0 Å². The van der Waals surface area contributed by atoms with Crippen LogP contribution in [0.25, 0.3) is 0 Å². The van der Waals surface area contributed by atoms with Gasteiger partial charge in [0.1, 0.15) is 12.2 Å². The minimum absolute atomic E-state index is 0.0193. The molecule has 0 radical (unpaired) electrons. The average molecular weight is 197 g/mol. The van der Waals surface area contributed by atoms with Gasteiger partial charge in [-0.25, -0.2) is 0 Å². The topological polar surface area (TPSA) is 51.5 Å². The van der Waals surface area contributed by atoms with Gasteiger partial charge in [0.05, 0.1) is 31.3 Å². The fourth-order valence-corrected chi connectivity index (χ4v) is 2.02. The van der Waals surface area contributed by atoms with Gasteiger partial charge < -0.3 is 14.2 Å². The zero-order valence-electron chi connectivity index (χ0n) is 8.31. The van der Waals surface area contributed by atoms with Crippen LogP contribution in [0, 0.1) is 11.3 Å². The molecule has 2 aliphatic heterocycles. The van der Waals surface area contributed by atoms with Gasteiger partial charge in [-0.2, -0.15) is 5.26 Å². The van der Waals surface area contributed by atoms with Crippen molar-refractivity contribution in [2.45, 2.75) is 44.2 Å². The van der Waals surface area contributed by atoms with E-state index in [0.29, 0.717) is 13.0 Å². The van der Waals surface area contributed by atoms with Crippen LogP contribution in [-0.2, 0) is 14.2 Å². The molecule has 4 nitrogen and oxygen atoms in total. The van der Waals surface area contributed by atoms with E-state index in [4.69, 9.17) is 19.5 Å². The van der Waals surface area contributed by atoms with Crippen LogP contribution in [0.3, 0.4) is 0 Å². The Morgan fingerprint density at radius 3 is 3.21 bits per heavy atom. The van der Waals surface area contributed by atoms with Crippen molar-refractivity contribution in [3.8, 4) is 6.07 Å². The summed E-state index contributed by atoms with van der Waals surface area (Å²) in [7, 11) is 0. The minimum Gasteiger partial charge on any atom is -0.373 e. The summed E-state index contributed by atoms with van der Waals surface area (Å²) in [5.74, 6) is 0. The Hall–Kier alpha value is -0.630. The van der Waals surface area contributed by atoms with Crippen molar-refractivity contribution in [2.75, 3.05) is 13.2 Å². The van der Waals surface area contributed by atoms with Crippen molar-refractivity contribution in [1.29, 1.82) is 5.26 Å². The standard InChI is InChI=1S/C10H15NO3/c1-7(2-4-11)14-9-6-13-8-3-5-12-10(8)9/h7-10H,2-3,5-6H2,1H3. The number of hydrogen-bond donors (Lipinski definition) is 0. The summed E-state index contributed by atoms with van der Waals surface area (Å²) < 4.78 is 16.8. The molecule has 0 aromatic heterocycles. The normalized spacial score (nSPS) is 37.9. The van der Waals surface area contributed by atoms with Crippen LogP contribution < -0.4 is 0 Å². The van der Waals surface area contributed by atoms with Gasteiger partial charge in [0, 0.05) is 6.61 Å². The Morgan fingerprint density at radius 2 is 2.43 bits per heavy atom. The summed E-state index contributed by atoms with van der Waals surface area (Å²) in [4.78, 5) is 0. The lowest BCUT2D eigenvalue weighted by Crippen LogP contribution is -2.32. The van der Waals surface area contributed by atoms with Crippen LogP contribution in [0.5, 0.6) is 0 Å². The van der Waals surface area contributed by atoms with Gasteiger partial charge in [-0.15, -0.1) is 0 Å². The van der Waals surface area contributed by atoms with Crippen LogP contribution in [-0.4, -0.2) is 37.6 Å². The zero-order valence-corrected chi connectivity index (χ0v) is 8.31. The Balaban J connectivity index is 1.84. The fourth-order valence-electron chi connectivity index (χ4n) is 2.02. The third kappa shape index (κ3) is 1.90. The molecule has 0 spiro atoms. The predicted molar refractivity (Wildman–Crippen MR) is 48.7 cm³/mol. The number of nitrogens with zero attached hydrogens (tertiary/aromatic N) is 1. The molecule has 2 aliphatic rings. The van der Waals surface area contributed by atoms with Crippen molar-refractivity contribution in [3.63, 3.8) is 0 Å². The van der Waals surface area contributed by atoms with Gasteiger partial charge in [0.2, 0.25) is 0 Å². The van der Waals surface area contributed by atoms with Crippen molar-refractivity contribution < 1.29 is 14.2 Å². The molecule has 0 aromatic carbocycles. The molecule has 4 atom stereocenters. The van der Waals surface area contributed by atoms with Gasteiger partial charge in [0.15, 0.2) is 0 Å². The molecule has 2 rings (SSSR count). The third-order valence-electron chi connectivity index (χ3n) is 2.71. The zero-order chi connectivity index (χ0) is 9.97. The molecule has 14 heavy (non-hydrogen) atoms. The van der Waals surface area contributed by atoms with E-state index in [9.17, 15) is 0 Å². The monoisotopic (exact) mass is 197 g/mol. The Bertz CT molecular complexity index is 238. The fraction of sp³-hybridized carbons (Fsp3) is 0.900. The molecule has 2 fully saturated rings. The van der Waals surface area contributed by atoms with E-state index >= 15 is 0 Å². The molecule has 78 valence electrons. The molecule has 4 heteroatoms. The molecule has 0 N–H and O–H groups in total. The molecule has 0 aliphatic carbocycles. The first kappa shape index (κ1) is 9.91. The van der Waals surface area contributed by atoms with Gasteiger partial charge >= 0.3 is 0 Å². The summed E-state index contributed by atoms with van der Waals surface area (Å²) in [6, 6.07) is 2.09. The van der Waals surface area contributed by atoms with Crippen molar-refractivity contribution in [1.82, 2.24) is 0 Å². The smallest absolute Gasteiger partial charge is 0.112 e. The first-order valence-electron chi connectivity index (χ1n) is 5.07. The number of hydrogen-bond acceptors (Lipinski definition) is 4. The van der Waals surface area contributed by atoms with E-state index in [2.05, 4.69) is 6.07 Å². The highest BCUT2D eigenvalue weighted by Crippen LogP contribution is 2.29. The Morgan fingerprint density at radius 1 is 1.57 bits per heavy atom. The Labute approximate surface area is 83.7 Å². The van der Waals surface area contributed by atoms with Crippen LogP contribution in [0.15, 0.2) is 0 Å². The van der Waals surface area contributed by atoms with Crippen molar-refractivity contribution in [3.05, 3.63) is 0 Å². The van der Waals surface area contributed by atoms with Crippen molar-refractivity contribution >= 4 is 0 Å². The van der Waals surface area contributed by atoms with Crippen LogP contribution in [0.1, 0.15) is 19.8 Å². The highest BCUT2D eigenvalue weighted by atomic mass is 16.6. The summed E-state index contributed by atoms with van der Waals surface area (Å²) in [5, 5.41) is 8.51. The first-order chi connectivity index (χ1) is 6.81. The SMILES string of the molecule is CC(CC#N)OC1COC2CCOC21. The number of fused-ring (bicyclic) bond motifs is 1.